The molecular formula is C52H42CaCl2N6O12S2. The summed E-state index contributed by atoms with van der Waals surface area (Å²) in [4.78, 5) is 24.8. The molecule has 0 bridgehead atoms. The number of aromatic hydroxyl groups is 1. The van der Waals surface area contributed by atoms with Crippen molar-refractivity contribution in [3.63, 3.8) is 0 Å². The average Bonchev–Trinajstić information content (AvgIpc) is 3.37. The molecule has 0 unspecified atom stereocenters. The minimum atomic E-state index is -5.00. The van der Waals surface area contributed by atoms with E-state index in [1.54, 1.807) is 117 Å². The molecule has 0 fully saturated rings. The number of phenolic OH excluding ortho intramolecular Hbond substituents is 1. The average molecular weight is 1120 g/mol. The van der Waals surface area contributed by atoms with Gasteiger partial charge in [0, 0.05) is 27.7 Å². The van der Waals surface area contributed by atoms with E-state index in [-0.39, 0.29) is 81.7 Å². The van der Waals surface area contributed by atoms with Crippen molar-refractivity contribution < 1.29 is 55.2 Å². The van der Waals surface area contributed by atoms with Crippen LogP contribution >= 0.6 is 23.2 Å². The summed E-state index contributed by atoms with van der Waals surface area (Å²) in [6.45, 7) is 3.53. The number of halogens is 2. The fraction of sp³-hybridized carbons (Fsp3) is 0.115. The molecule has 0 saturated carbocycles. The summed E-state index contributed by atoms with van der Waals surface area (Å²) < 4.78 is 79.9. The summed E-state index contributed by atoms with van der Waals surface area (Å²) in [6.07, 6.45) is 0.815. The van der Waals surface area contributed by atoms with E-state index in [0.29, 0.717) is 68.4 Å². The molecule has 75 heavy (non-hydrogen) atoms. The zero-order chi connectivity index (χ0) is 53.5. The van der Waals surface area contributed by atoms with Crippen molar-refractivity contribution in [3.05, 3.63) is 166 Å². The number of benzene rings is 8. The first-order valence-corrected chi connectivity index (χ1v) is 25.7. The van der Waals surface area contributed by atoms with Gasteiger partial charge in [0.05, 0.1) is 35.5 Å². The number of hydrogen-bond acceptors (Lipinski definition) is 15. The van der Waals surface area contributed by atoms with Crippen LogP contribution in [0.4, 0.5) is 34.1 Å². The van der Waals surface area contributed by atoms with E-state index in [4.69, 9.17) is 32.7 Å². The number of amides is 2. The quantitative estimate of drug-likeness (QED) is 0.0449. The number of hydrogen-bond donors (Lipinski definition) is 4. The van der Waals surface area contributed by atoms with Crippen LogP contribution in [-0.4, -0.2) is 94.8 Å². The van der Waals surface area contributed by atoms with E-state index in [9.17, 15) is 45.7 Å². The topological polar surface area (TPSA) is 281 Å². The number of nitrogens with one attached hydrogen (secondary N) is 2. The van der Waals surface area contributed by atoms with Gasteiger partial charge in [-0.1, -0.05) is 103 Å². The van der Waals surface area contributed by atoms with E-state index in [1.807, 2.05) is 0 Å². The summed E-state index contributed by atoms with van der Waals surface area (Å²) in [5.74, 6) is -1.24. The minimum Gasteiger partial charge on any atom is -0.870 e. The summed E-state index contributed by atoms with van der Waals surface area (Å²) >= 11 is 12.4. The molecule has 0 atom stereocenters. The van der Waals surface area contributed by atoms with Crippen molar-refractivity contribution in [3.8, 4) is 23.0 Å². The van der Waals surface area contributed by atoms with Crippen LogP contribution in [0.5, 0.6) is 23.0 Å². The molecular weight excluding hydrogens is 1080 g/mol. The van der Waals surface area contributed by atoms with E-state index in [0.717, 1.165) is 0 Å². The number of carbonyl (C=O) groups excluding carboxylic acids is 2. The van der Waals surface area contributed by atoms with Gasteiger partial charge in [-0.2, -0.15) is 13.5 Å². The normalized spacial score (nSPS) is 11.5. The van der Waals surface area contributed by atoms with Crippen molar-refractivity contribution in [2.45, 2.75) is 36.5 Å². The molecule has 0 aromatic heterocycles. The molecule has 0 saturated heterocycles. The largest absolute Gasteiger partial charge is 2.00 e. The Kier molecular flexibility index (Phi) is 19.0. The van der Waals surface area contributed by atoms with Crippen LogP contribution in [0.1, 0.15) is 45.7 Å². The number of anilines is 2. The zero-order valence-corrected chi connectivity index (χ0v) is 45.5. The van der Waals surface area contributed by atoms with Crippen LogP contribution < -0.4 is 25.2 Å². The monoisotopic (exact) mass is 1120 g/mol. The molecule has 4 N–H and O–H groups in total. The number of methoxy groups -OCH3 is 2. The Labute approximate surface area is 470 Å². The molecule has 2 amide bonds. The van der Waals surface area contributed by atoms with Crippen LogP contribution in [0.2, 0.25) is 10.0 Å². The molecule has 18 nitrogen and oxygen atoms in total. The van der Waals surface area contributed by atoms with Crippen LogP contribution in [0.15, 0.2) is 164 Å². The first-order chi connectivity index (χ1) is 35.3. The Morgan fingerprint density at radius 2 is 1.01 bits per heavy atom. The van der Waals surface area contributed by atoms with Gasteiger partial charge in [0.1, 0.15) is 48.5 Å². The molecule has 0 aliphatic rings. The van der Waals surface area contributed by atoms with Crippen LogP contribution in [0.25, 0.3) is 21.5 Å². The molecule has 8 aromatic carbocycles. The van der Waals surface area contributed by atoms with E-state index in [2.05, 4.69) is 31.1 Å². The van der Waals surface area contributed by atoms with Crippen LogP contribution in [0.3, 0.4) is 0 Å². The maximum absolute atomic E-state index is 13.3. The second-order valence-electron chi connectivity index (χ2n) is 15.8. The maximum Gasteiger partial charge on any atom is 2.00 e. The summed E-state index contributed by atoms with van der Waals surface area (Å²) in [5.41, 5.74) is 0.814. The zero-order valence-electron chi connectivity index (χ0n) is 40.2. The van der Waals surface area contributed by atoms with E-state index < -0.39 is 53.3 Å². The van der Waals surface area contributed by atoms with Crippen LogP contribution in [-0.2, 0) is 33.1 Å². The molecule has 0 aliphatic carbocycles. The van der Waals surface area contributed by atoms with Gasteiger partial charge >= 0.3 is 37.7 Å². The third kappa shape index (κ3) is 13.2. The third-order valence-corrected chi connectivity index (χ3v) is 14.2. The molecule has 380 valence electrons. The van der Waals surface area contributed by atoms with Gasteiger partial charge < -0.3 is 34.9 Å². The number of ether oxygens (including phenoxy) is 2. The van der Waals surface area contributed by atoms with Crippen molar-refractivity contribution in [2.24, 2.45) is 20.5 Å². The van der Waals surface area contributed by atoms with Crippen molar-refractivity contribution >= 4 is 149 Å². The van der Waals surface area contributed by atoms with Gasteiger partial charge in [-0.15, -0.1) is 15.3 Å². The molecule has 0 radical (unpaired) electrons. The summed E-state index contributed by atoms with van der Waals surface area (Å²) in [5, 5.41) is 47.3. The Balaban J connectivity index is 0.000000241. The number of fused-ring (bicyclic) bond motifs is 2. The van der Waals surface area contributed by atoms with Crippen molar-refractivity contribution in [1.82, 2.24) is 0 Å². The fourth-order valence-corrected chi connectivity index (χ4v) is 10.1. The van der Waals surface area contributed by atoms with Gasteiger partial charge in [0.25, 0.3) is 21.9 Å². The first kappa shape index (κ1) is 57.6. The van der Waals surface area contributed by atoms with E-state index in [1.165, 1.54) is 44.6 Å². The number of aryl methyl sites for hydroxylation is 2. The summed E-state index contributed by atoms with van der Waals surface area (Å²) in [7, 11) is -6.69. The van der Waals surface area contributed by atoms with E-state index >= 15 is 0 Å². The van der Waals surface area contributed by atoms with Gasteiger partial charge in [-0.05, 0) is 108 Å². The number of nitrogens with zero attached hydrogens (tertiary/aromatic N) is 4. The van der Waals surface area contributed by atoms with Gasteiger partial charge in [-0.25, -0.2) is 8.42 Å². The summed E-state index contributed by atoms with van der Waals surface area (Å²) in [6, 6.07) is 35.5. The Bertz CT molecular complexity index is 3530. The number of carbonyl (C=O) groups is 2. The number of azo groups is 2. The first-order valence-electron chi connectivity index (χ1n) is 22.1. The van der Waals surface area contributed by atoms with Crippen molar-refractivity contribution in [2.75, 3.05) is 24.9 Å². The second kappa shape index (κ2) is 24.7. The third-order valence-electron chi connectivity index (χ3n) is 11.3. The molecule has 0 heterocycles. The van der Waals surface area contributed by atoms with Crippen LogP contribution in [0, 0.1) is 0 Å². The van der Waals surface area contributed by atoms with Crippen molar-refractivity contribution in [1.29, 1.82) is 0 Å². The Morgan fingerprint density at radius 1 is 0.600 bits per heavy atom. The molecule has 8 rings (SSSR count). The fourth-order valence-electron chi connectivity index (χ4n) is 7.48. The number of phenols is 1. The molecule has 23 heteroatoms. The maximum atomic E-state index is 13.3. The standard InChI is InChI=1S/2C26H22ClN3O6S.Ca/c2*1-3-15-8-13-21(25(22(15)27)37(33,34)35)29-30-23-19-7-5-4-6-16(19)14-20(24(23)31)26(32)28-17-9-11-18(36-2)12-10-17;/h2*4-14,31H,3H2,1-2H3,(H,28,32)(H,33,34,35);/q;;+2/p-2. The Morgan fingerprint density at radius 3 is 1.47 bits per heavy atom. The van der Waals surface area contributed by atoms with Gasteiger partial charge in [0.2, 0.25) is 0 Å². The minimum absolute atomic E-state index is 0. The Hall–Kier alpha value is -6.72. The SMILES string of the molecule is CCc1ccc(N=Nc2c(O)c(C(=O)Nc3ccc(OC)cc3)cc3ccccc23)c(S(=O)(=O)O)c1Cl.CCc1ccc(N=Nc2c([O-])c(C(=O)Nc3ccc(OC)cc3)cc3ccccc23)c(S(=O)(=O)[O-])c1Cl.[Ca+2]. The van der Waals surface area contributed by atoms with Gasteiger partial charge in [0.15, 0.2) is 5.75 Å². The predicted octanol–water partition coefficient (Wildman–Crippen LogP) is 12.0. The number of rotatable bonds is 14. The second-order valence-corrected chi connectivity index (χ2v) is 19.3. The smallest absolute Gasteiger partial charge is 0.870 e. The molecule has 8 aromatic rings. The predicted molar refractivity (Wildman–Crippen MR) is 284 cm³/mol. The van der Waals surface area contributed by atoms with Gasteiger partial charge in [-0.3, -0.25) is 14.1 Å². The molecule has 0 spiro atoms. The molecule has 0 aliphatic heterocycles.